The van der Waals surface area contributed by atoms with Crippen LogP contribution < -0.4 is 16.0 Å². The Labute approximate surface area is 176 Å². The SMILES string of the molecule is COC1CC(NC(=O)CSc2nc3ccc(NC(=O)C4CNC(=O)C4)cc3s2)C1. The zero-order valence-electron chi connectivity index (χ0n) is 15.9. The minimum Gasteiger partial charge on any atom is -0.381 e. The van der Waals surface area contributed by atoms with Crippen molar-refractivity contribution in [1.82, 2.24) is 15.6 Å². The Balaban J connectivity index is 1.30. The lowest BCUT2D eigenvalue weighted by atomic mass is 9.89. The first-order valence-corrected chi connectivity index (χ1v) is 11.2. The Morgan fingerprint density at radius 2 is 2.21 bits per heavy atom. The van der Waals surface area contributed by atoms with Gasteiger partial charge in [0.1, 0.15) is 0 Å². The zero-order valence-corrected chi connectivity index (χ0v) is 17.5. The summed E-state index contributed by atoms with van der Waals surface area (Å²) in [5.74, 6) is -0.268. The van der Waals surface area contributed by atoms with Crippen molar-refractivity contribution in [1.29, 1.82) is 0 Å². The van der Waals surface area contributed by atoms with Gasteiger partial charge in [-0.25, -0.2) is 4.98 Å². The van der Waals surface area contributed by atoms with Crippen LogP contribution in [0, 0.1) is 5.92 Å². The van der Waals surface area contributed by atoms with Gasteiger partial charge in [-0.3, -0.25) is 14.4 Å². The maximum Gasteiger partial charge on any atom is 0.230 e. The lowest BCUT2D eigenvalue weighted by molar-refractivity contribution is -0.123. The number of rotatable bonds is 7. The molecule has 154 valence electrons. The first-order chi connectivity index (χ1) is 14.0. The highest BCUT2D eigenvalue weighted by Crippen LogP contribution is 2.31. The monoisotopic (exact) mass is 434 g/mol. The number of hydrogen-bond donors (Lipinski definition) is 3. The molecule has 0 radical (unpaired) electrons. The summed E-state index contributed by atoms with van der Waals surface area (Å²) in [6, 6.07) is 5.73. The topological polar surface area (TPSA) is 109 Å². The summed E-state index contributed by atoms with van der Waals surface area (Å²) >= 11 is 2.90. The average Bonchev–Trinajstić information content (AvgIpc) is 3.28. The molecule has 29 heavy (non-hydrogen) atoms. The molecule has 1 saturated heterocycles. The summed E-state index contributed by atoms with van der Waals surface area (Å²) in [4.78, 5) is 40.2. The smallest absolute Gasteiger partial charge is 0.230 e. The van der Waals surface area contributed by atoms with Crippen LogP contribution in [0.25, 0.3) is 10.2 Å². The molecule has 1 atom stereocenters. The molecule has 1 aliphatic carbocycles. The lowest BCUT2D eigenvalue weighted by Crippen LogP contribution is -2.48. The number of ether oxygens (including phenoxy) is 1. The molecule has 8 nitrogen and oxygen atoms in total. The number of amides is 3. The molecule has 1 aliphatic heterocycles. The van der Waals surface area contributed by atoms with E-state index in [1.165, 1.54) is 23.1 Å². The number of methoxy groups -OCH3 is 1. The molecular weight excluding hydrogens is 412 g/mol. The fourth-order valence-corrected chi connectivity index (χ4v) is 5.27. The Bertz CT molecular complexity index is 941. The number of nitrogens with one attached hydrogen (secondary N) is 3. The molecule has 1 unspecified atom stereocenters. The van der Waals surface area contributed by atoms with Crippen LogP contribution in [0.1, 0.15) is 19.3 Å². The number of benzene rings is 1. The molecule has 3 amide bonds. The van der Waals surface area contributed by atoms with Gasteiger partial charge in [-0.15, -0.1) is 11.3 Å². The van der Waals surface area contributed by atoms with Gasteiger partial charge in [0.15, 0.2) is 4.34 Å². The van der Waals surface area contributed by atoms with Crippen LogP contribution in [0.15, 0.2) is 22.5 Å². The van der Waals surface area contributed by atoms with Crippen molar-refractivity contribution in [3.05, 3.63) is 18.2 Å². The second-order valence-electron chi connectivity index (χ2n) is 7.24. The van der Waals surface area contributed by atoms with Crippen molar-refractivity contribution in [3.8, 4) is 0 Å². The van der Waals surface area contributed by atoms with Crippen LogP contribution in [-0.4, -0.2) is 54.3 Å². The van der Waals surface area contributed by atoms with Crippen molar-refractivity contribution in [2.75, 3.05) is 24.7 Å². The normalized spacial score (nSPS) is 23.5. The van der Waals surface area contributed by atoms with Crippen LogP contribution in [0.5, 0.6) is 0 Å². The van der Waals surface area contributed by atoms with Gasteiger partial charge < -0.3 is 20.7 Å². The predicted octanol–water partition coefficient (Wildman–Crippen LogP) is 1.76. The van der Waals surface area contributed by atoms with E-state index in [0.29, 0.717) is 18.0 Å². The van der Waals surface area contributed by atoms with E-state index in [4.69, 9.17) is 4.74 Å². The predicted molar refractivity (Wildman–Crippen MR) is 112 cm³/mol. The molecule has 0 bridgehead atoms. The first-order valence-electron chi connectivity index (χ1n) is 9.43. The Hall–Kier alpha value is -2.17. The molecule has 3 N–H and O–H groups in total. The molecule has 1 aromatic carbocycles. The van der Waals surface area contributed by atoms with E-state index in [-0.39, 0.29) is 42.2 Å². The Morgan fingerprint density at radius 3 is 2.93 bits per heavy atom. The highest BCUT2D eigenvalue weighted by Gasteiger charge is 2.30. The molecule has 2 heterocycles. The third-order valence-electron chi connectivity index (χ3n) is 5.10. The van der Waals surface area contributed by atoms with E-state index in [0.717, 1.165) is 27.4 Å². The van der Waals surface area contributed by atoms with Crippen LogP contribution in [0.4, 0.5) is 5.69 Å². The third-order valence-corrected chi connectivity index (χ3v) is 7.27. The Kier molecular flexibility index (Phi) is 6.02. The van der Waals surface area contributed by atoms with Gasteiger partial charge >= 0.3 is 0 Å². The van der Waals surface area contributed by atoms with Gasteiger partial charge in [-0.1, -0.05) is 11.8 Å². The minimum absolute atomic E-state index is 0.00137. The van der Waals surface area contributed by atoms with E-state index < -0.39 is 0 Å². The van der Waals surface area contributed by atoms with E-state index in [1.54, 1.807) is 13.2 Å². The summed E-state index contributed by atoms with van der Waals surface area (Å²) in [5, 5.41) is 8.54. The summed E-state index contributed by atoms with van der Waals surface area (Å²) in [6.45, 7) is 0.378. The summed E-state index contributed by atoms with van der Waals surface area (Å²) < 4.78 is 6.97. The highest BCUT2D eigenvalue weighted by atomic mass is 32.2. The maximum absolute atomic E-state index is 12.3. The van der Waals surface area contributed by atoms with E-state index in [2.05, 4.69) is 20.9 Å². The largest absolute Gasteiger partial charge is 0.381 e. The van der Waals surface area contributed by atoms with Gasteiger partial charge in [-0.05, 0) is 31.0 Å². The maximum atomic E-state index is 12.3. The lowest BCUT2D eigenvalue weighted by Gasteiger charge is -2.34. The van der Waals surface area contributed by atoms with Gasteiger partial charge in [0, 0.05) is 31.8 Å². The van der Waals surface area contributed by atoms with Crippen LogP contribution in [-0.2, 0) is 19.1 Å². The number of anilines is 1. The number of hydrogen-bond acceptors (Lipinski definition) is 7. The minimum atomic E-state index is -0.334. The number of nitrogens with zero attached hydrogens (tertiary/aromatic N) is 1. The number of aromatic nitrogens is 1. The summed E-state index contributed by atoms with van der Waals surface area (Å²) in [5.41, 5.74) is 1.51. The molecule has 1 aromatic heterocycles. The van der Waals surface area contributed by atoms with Crippen LogP contribution in [0.3, 0.4) is 0 Å². The number of carbonyl (C=O) groups is 3. The fourth-order valence-electron chi connectivity index (χ4n) is 3.35. The van der Waals surface area contributed by atoms with Gasteiger partial charge in [0.05, 0.1) is 28.0 Å². The fraction of sp³-hybridized carbons (Fsp3) is 0.474. The van der Waals surface area contributed by atoms with E-state index in [9.17, 15) is 14.4 Å². The summed E-state index contributed by atoms with van der Waals surface area (Å²) in [7, 11) is 1.69. The van der Waals surface area contributed by atoms with Crippen molar-refractivity contribution in [2.45, 2.75) is 35.7 Å². The number of carbonyl (C=O) groups excluding carboxylic acids is 3. The average molecular weight is 435 g/mol. The van der Waals surface area contributed by atoms with Crippen molar-refractivity contribution in [2.24, 2.45) is 5.92 Å². The molecule has 2 aromatic rings. The second-order valence-corrected chi connectivity index (χ2v) is 9.49. The van der Waals surface area contributed by atoms with E-state index in [1.807, 2.05) is 12.1 Å². The van der Waals surface area contributed by atoms with Crippen LogP contribution >= 0.6 is 23.1 Å². The Morgan fingerprint density at radius 1 is 1.38 bits per heavy atom. The quantitative estimate of drug-likeness (QED) is 0.573. The van der Waals surface area contributed by atoms with Gasteiger partial charge in [0.2, 0.25) is 17.7 Å². The standard InChI is InChI=1S/C19H22N4O4S2/c1-27-13-5-12(6-13)21-17(25)9-28-19-23-14-3-2-11(7-15(14)29-19)22-18(26)10-4-16(24)20-8-10/h2-3,7,10,12-13H,4-6,8-9H2,1H3,(H,20,24)(H,21,25)(H,22,26). The van der Waals surface area contributed by atoms with Crippen molar-refractivity contribution < 1.29 is 19.1 Å². The van der Waals surface area contributed by atoms with Crippen molar-refractivity contribution >= 4 is 56.7 Å². The molecule has 2 aliphatic rings. The zero-order chi connectivity index (χ0) is 20.4. The molecule has 0 spiro atoms. The van der Waals surface area contributed by atoms with Gasteiger partial charge in [0.25, 0.3) is 0 Å². The number of fused-ring (bicyclic) bond motifs is 1. The molecule has 2 fully saturated rings. The number of thioether (sulfide) groups is 1. The molecule has 1 saturated carbocycles. The second kappa shape index (κ2) is 8.68. The third kappa shape index (κ3) is 4.88. The summed E-state index contributed by atoms with van der Waals surface area (Å²) in [6.07, 6.45) is 2.23. The number of thiazole rings is 1. The molecule has 10 heteroatoms. The van der Waals surface area contributed by atoms with Crippen molar-refractivity contribution in [3.63, 3.8) is 0 Å². The van der Waals surface area contributed by atoms with Crippen LogP contribution in [0.2, 0.25) is 0 Å². The highest BCUT2D eigenvalue weighted by molar-refractivity contribution is 8.01. The van der Waals surface area contributed by atoms with Gasteiger partial charge in [-0.2, -0.15) is 0 Å². The van der Waals surface area contributed by atoms with E-state index >= 15 is 0 Å². The molecular formula is C19H22N4O4S2. The molecule has 4 rings (SSSR count). The first kappa shape index (κ1) is 20.1.